The molecule has 0 bridgehead atoms. The Morgan fingerprint density at radius 3 is 2.59 bits per heavy atom. The number of sulfonamides is 1. The van der Waals surface area contributed by atoms with Gasteiger partial charge in [-0.3, -0.25) is 9.52 Å². The highest BCUT2D eigenvalue weighted by molar-refractivity contribution is 7.92. The molecule has 27 heavy (non-hydrogen) atoms. The predicted octanol–water partition coefficient (Wildman–Crippen LogP) is 3.36. The van der Waals surface area contributed by atoms with Gasteiger partial charge in [0, 0.05) is 23.7 Å². The molecule has 0 aromatic heterocycles. The number of hydrogen-bond acceptors (Lipinski definition) is 4. The Bertz CT molecular complexity index is 923. The largest absolute Gasteiger partial charge is 0.376 e. The summed E-state index contributed by atoms with van der Waals surface area (Å²) in [6.45, 7) is 2.96. The maximum atomic E-state index is 12.5. The summed E-state index contributed by atoms with van der Waals surface area (Å²) in [7, 11) is -3.73. The lowest BCUT2D eigenvalue weighted by Crippen LogP contribution is -2.31. The summed E-state index contributed by atoms with van der Waals surface area (Å²) in [5.41, 5.74) is 1.54. The quantitative estimate of drug-likeness (QED) is 0.767. The van der Waals surface area contributed by atoms with E-state index in [2.05, 4.69) is 10.0 Å². The van der Waals surface area contributed by atoms with E-state index in [9.17, 15) is 13.2 Å². The summed E-state index contributed by atoms with van der Waals surface area (Å²) >= 11 is 5.80. The molecule has 1 fully saturated rings. The predicted molar refractivity (Wildman–Crippen MR) is 105 cm³/mol. The van der Waals surface area contributed by atoms with Crippen LogP contribution in [0, 0.1) is 6.92 Å². The SMILES string of the molecule is Cc1cc(C(=O)NC[C@@H]2CCCO2)ccc1NS(=O)(=O)c1ccc(Cl)cc1. The maximum absolute atomic E-state index is 12.5. The Balaban J connectivity index is 1.68. The number of anilines is 1. The molecule has 2 aromatic carbocycles. The monoisotopic (exact) mass is 408 g/mol. The molecule has 1 atom stereocenters. The fourth-order valence-electron chi connectivity index (χ4n) is 2.85. The molecular weight excluding hydrogens is 388 g/mol. The number of ether oxygens (including phenoxy) is 1. The van der Waals surface area contributed by atoms with Gasteiger partial charge in [0.2, 0.25) is 0 Å². The van der Waals surface area contributed by atoms with Gasteiger partial charge in [0.1, 0.15) is 0 Å². The molecule has 1 aliphatic rings. The van der Waals surface area contributed by atoms with Gasteiger partial charge in [-0.05, 0) is 67.8 Å². The summed E-state index contributed by atoms with van der Waals surface area (Å²) in [6, 6.07) is 10.8. The lowest BCUT2D eigenvalue weighted by atomic mass is 10.1. The second-order valence-corrected chi connectivity index (χ2v) is 8.55. The molecule has 0 unspecified atom stereocenters. The van der Waals surface area contributed by atoms with Crippen molar-refractivity contribution in [1.82, 2.24) is 5.32 Å². The van der Waals surface area contributed by atoms with Crippen molar-refractivity contribution in [2.24, 2.45) is 0 Å². The lowest BCUT2D eigenvalue weighted by Gasteiger charge is -2.13. The number of aryl methyl sites for hydroxylation is 1. The van der Waals surface area contributed by atoms with Gasteiger partial charge in [0.15, 0.2) is 0 Å². The zero-order chi connectivity index (χ0) is 19.4. The summed E-state index contributed by atoms with van der Waals surface area (Å²) < 4.78 is 33.0. The number of rotatable bonds is 6. The van der Waals surface area contributed by atoms with Crippen LogP contribution < -0.4 is 10.0 Å². The molecule has 1 amide bonds. The normalized spacial score (nSPS) is 16.9. The molecule has 1 saturated heterocycles. The number of halogens is 1. The highest BCUT2D eigenvalue weighted by Crippen LogP contribution is 2.22. The van der Waals surface area contributed by atoms with E-state index in [1.165, 1.54) is 24.3 Å². The maximum Gasteiger partial charge on any atom is 0.261 e. The molecule has 0 saturated carbocycles. The lowest BCUT2D eigenvalue weighted by molar-refractivity contribution is 0.0857. The Hall–Kier alpha value is -2.09. The summed E-state index contributed by atoms with van der Waals surface area (Å²) in [5.74, 6) is -0.208. The van der Waals surface area contributed by atoms with Crippen LogP contribution in [-0.4, -0.2) is 33.6 Å². The topological polar surface area (TPSA) is 84.5 Å². The van der Waals surface area contributed by atoms with Gasteiger partial charge in [-0.1, -0.05) is 11.6 Å². The molecule has 0 aliphatic carbocycles. The minimum Gasteiger partial charge on any atom is -0.376 e. The molecule has 2 N–H and O–H groups in total. The van der Waals surface area contributed by atoms with Crippen molar-refractivity contribution < 1.29 is 17.9 Å². The van der Waals surface area contributed by atoms with Crippen LogP contribution in [0.1, 0.15) is 28.8 Å². The zero-order valence-corrected chi connectivity index (χ0v) is 16.4. The average Bonchev–Trinajstić information content (AvgIpc) is 3.15. The molecule has 144 valence electrons. The van der Waals surface area contributed by atoms with Gasteiger partial charge in [-0.2, -0.15) is 0 Å². The fourth-order valence-corrected chi connectivity index (χ4v) is 4.11. The molecule has 0 radical (unpaired) electrons. The van der Waals surface area contributed by atoms with Gasteiger partial charge in [0.25, 0.3) is 15.9 Å². The number of amides is 1. The second kappa shape index (κ2) is 8.29. The van der Waals surface area contributed by atoms with Crippen LogP contribution in [0.4, 0.5) is 5.69 Å². The van der Waals surface area contributed by atoms with E-state index in [-0.39, 0.29) is 16.9 Å². The highest BCUT2D eigenvalue weighted by atomic mass is 35.5. The van der Waals surface area contributed by atoms with E-state index < -0.39 is 10.0 Å². The molecule has 2 aromatic rings. The van der Waals surface area contributed by atoms with Crippen molar-refractivity contribution in [3.05, 3.63) is 58.6 Å². The molecule has 6 nitrogen and oxygen atoms in total. The Morgan fingerprint density at radius 1 is 1.22 bits per heavy atom. The van der Waals surface area contributed by atoms with Gasteiger partial charge in [-0.15, -0.1) is 0 Å². The number of nitrogens with one attached hydrogen (secondary N) is 2. The number of carbonyl (C=O) groups is 1. The van der Waals surface area contributed by atoms with Crippen LogP contribution in [0.15, 0.2) is 47.4 Å². The summed E-state index contributed by atoms with van der Waals surface area (Å²) in [4.78, 5) is 12.4. The third-order valence-corrected chi connectivity index (χ3v) is 6.00. The van der Waals surface area contributed by atoms with Crippen molar-refractivity contribution in [2.75, 3.05) is 17.9 Å². The average molecular weight is 409 g/mol. The van der Waals surface area contributed by atoms with Crippen molar-refractivity contribution in [3.8, 4) is 0 Å². The van der Waals surface area contributed by atoms with Gasteiger partial charge in [0.05, 0.1) is 16.7 Å². The van der Waals surface area contributed by atoms with Crippen LogP contribution in [-0.2, 0) is 14.8 Å². The second-order valence-electron chi connectivity index (χ2n) is 6.43. The van der Waals surface area contributed by atoms with Crippen molar-refractivity contribution in [1.29, 1.82) is 0 Å². The number of benzene rings is 2. The number of hydrogen-bond donors (Lipinski definition) is 2. The molecule has 1 aliphatic heterocycles. The van der Waals surface area contributed by atoms with E-state index in [1.54, 1.807) is 25.1 Å². The smallest absolute Gasteiger partial charge is 0.261 e. The Labute approximate surface area is 163 Å². The molecule has 8 heteroatoms. The fraction of sp³-hybridized carbons (Fsp3) is 0.316. The highest BCUT2D eigenvalue weighted by Gasteiger charge is 2.18. The van der Waals surface area contributed by atoms with Gasteiger partial charge in [-0.25, -0.2) is 8.42 Å². The van der Waals surface area contributed by atoms with Crippen LogP contribution in [0.5, 0.6) is 0 Å². The van der Waals surface area contributed by atoms with E-state index in [4.69, 9.17) is 16.3 Å². The van der Waals surface area contributed by atoms with Crippen LogP contribution in [0.2, 0.25) is 5.02 Å². The van der Waals surface area contributed by atoms with Crippen molar-refractivity contribution >= 4 is 33.2 Å². The third kappa shape index (κ3) is 5.00. The third-order valence-electron chi connectivity index (χ3n) is 4.37. The number of carbonyl (C=O) groups excluding carboxylic acids is 1. The van der Waals surface area contributed by atoms with Crippen LogP contribution in [0.25, 0.3) is 0 Å². The molecular formula is C19H21ClN2O4S. The molecule has 0 spiro atoms. The van der Waals surface area contributed by atoms with Gasteiger partial charge >= 0.3 is 0 Å². The Kier molecular flexibility index (Phi) is 6.04. The summed E-state index contributed by atoms with van der Waals surface area (Å²) in [5, 5.41) is 3.31. The summed E-state index contributed by atoms with van der Waals surface area (Å²) in [6.07, 6.45) is 2.04. The van der Waals surface area contributed by atoms with Crippen molar-refractivity contribution in [2.45, 2.75) is 30.8 Å². The van der Waals surface area contributed by atoms with Crippen LogP contribution in [0.3, 0.4) is 0 Å². The van der Waals surface area contributed by atoms with Crippen LogP contribution >= 0.6 is 11.6 Å². The Morgan fingerprint density at radius 2 is 1.96 bits per heavy atom. The molecule has 3 rings (SSSR count). The van der Waals surface area contributed by atoms with E-state index >= 15 is 0 Å². The molecule has 1 heterocycles. The van der Waals surface area contributed by atoms with Crippen molar-refractivity contribution in [3.63, 3.8) is 0 Å². The zero-order valence-electron chi connectivity index (χ0n) is 14.9. The first-order valence-electron chi connectivity index (χ1n) is 8.64. The van der Waals surface area contributed by atoms with E-state index in [1.807, 2.05) is 0 Å². The van der Waals surface area contributed by atoms with Gasteiger partial charge < -0.3 is 10.1 Å². The first-order valence-corrected chi connectivity index (χ1v) is 10.5. The minimum atomic E-state index is -3.73. The standard InChI is InChI=1S/C19H21ClN2O4S/c1-13-11-14(19(23)21-12-16-3-2-10-26-16)4-9-18(13)22-27(24,25)17-7-5-15(20)6-8-17/h4-9,11,16,22H,2-3,10,12H2,1H3,(H,21,23)/t16-/m0/s1. The van der Waals surface area contributed by atoms with E-state index in [0.29, 0.717) is 28.4 Å². The first-order chi connectivity index (χ1) is 12.8. The van der Waals surface area contributed by atoms with E-state index in [0.717, 1.165) is 19.4 Å². The first kappa shape index (κ1) is 19.7. The minimum absolute atomic E-state index is 0.0699.